The summed E-state index contributed by atoms with van der Waals surface area (Å²) in [5, 5.41) is 0. The van der Waals surface area contributed by atoms with Gasteiger partial charge in [-0.25, -0.2) is 0 Å². The van der Waals surface area contributed by atoms with Crippen LogP contribution in [0.4, 0.5) is 0 Å². The maximum Gasteiger partial charge on any atom is 0.306 e. The highest BCUT2D eigenvalue weighted by atomic mass is 16.6. The molecule has 0 aromatic heterocycles. The third-order valence-electron chi connectivity index (χ3n) is 10.1. The van der Waals surface area contributed by atoms with Crippen LogP contribution in [-0.4, -0.2) is 37.9 Å². The molecule has 0 radical (unpaired) electrons. The first-order valence-corrected chi connectivity index (χ1v) is 23.8. The third kappa shape index (κ3) is 44.3. The molecule has 5 heteroatoms. The second-order valence-corrected chi connectivity index (χ2v) is 15.6. The van der Waals surface area contributed by atoms with Gasteiger partial charge in [0.1, 0.15) is 6.61 Å². The summed E-state index contributed by atoms with van der Waals surface area (Å²) in [7, 11) is 0. The number of carbonyl (C=O) groups is 2. The molecule has 5 nitrogen and oxygen atoms in total. The maximum absolute atomic E-state index is 12.7. The highest BCUT2D eigenvalue weighted by Crippen LogP contribution is 2.14. The Bertz CT molecular complexity index is 977. The topological polar surface area (TPSA) is 61.8 Å². The second kappa shape index (κ2) is 47.0. The third-order valence-corrected chi connectivity index (χ3v) is 10.1. The molecule has 0 spiro atoms. The first kappa shape index (κ1) is 53.6. The number of carbonyl (C=O) groups excluding carboxylic acids is 2. The molecule has 1 atom stereocenters. The van der Waals surface area contributed by atoms with Gasteiger partial charge < -0.3 is 14.2 Å². The van der Waals surface area contributed by atoms with Crippen molar-refractivity contribution in [2.24, 2.45) is 0 Å². The van der Waals surface area contributed by atoms with E-state index in [0.29, 0.717) is 25.9 Å². The van der Waals surface area contributed by atoms with Crippen molar-refractivity contribution in [2.75, 3.05) is 19.8 Å². The van der Waals surface area contributed by atoms with E-state index in [1.807, 2.05) is 6.08 Å². The van der Waals surface area contributed by atoms with E-state index >= 15 is 0 Å². The molecular formula is C51H90O5. The summed E-state index contributed by atoms with van der Waals surface area (Å²) in [6.45, 7) is 7.60. The Balaban J connectivity index is 4.31. The average molecular weight is 783 g/mol. The van der Waals surface area contributed by atoms with Gasteiger partial charge in [-0.2, -0.15) is 0 Å². The molecular weight excluding hydrogens is 693 g/mol. The monoisotopic (exact) mass is 783 g/mol. The lowest BCUT2D eigenvalue weighted by molar-refractivity contribution is -0.162. The van der Waals surface area contributed by atoms with E-state index in [0.717, 1.165) is 64.2 Å². The molecule has 0 saturated heterocycles. The quantitative estimate of drug-likeness (QED) is 0.0350. The SMILES string of the molecule is CC/C=C\C/C=C\C/C=C\C/C=C\CCC(=O)OCC(COCCCCCCCCCCCCCCCCCC)OC(=O)CCCCCCC/C=C\CCCC. The standard InChI is InChI=1S/C51H90O5/c1-4-7-10-13-16-19-22-24-25-26-28-31-34-37-40-43-46-54-47-49(56-51(53)45-42-39-36-33-29-21-18-15-12-9-6-3)48-55-50(52)44-41-38-35-32-30-27-23-20-17-14-11-8-5-2/h8,11,15,17-18,20,27,30,35,38,49H,4-7,9-10,12-14,16,19,21-26,28-29,31-34,36-37,39-48H2,1-3H3/b11-8-,18-15-,20-17-,30-27-,38-35-. The summed E-state index contributed by atoms with van der Waals surface area (Å²) >= 11 is 0. The first-order chi connectivity index (χ1) is 27.6. The van der Waals surface area contributed by atoms with Gasteiger partial charge in [-0.15, -0.1) is 0 Å². The van der Waals surface area contributed by atoms with Crippen LogP contribution in [0.2, 0.25) is 0 Å². The largest absolute Gasteiger partial charge is 0.462 e. The van der Waals surface area contributed by atoms with Crippen LogP contribution in [0.3, 0.4) is 0 Å². The van der Waals surface area contributed by atoms with E-state index in [1.54, 1.807) is 0 Å². The number of hydrogen-bond acceptors (Lipinski definition) is 5. The molecule has 1 unspecified atom stereocenters. The van der Waals surface area contributed by atoms with Gasteiger partial charge in [0.15, 0.2) is 6.10 Å². The zero-order chi connectivity index (χ0) is 40.7. The van der Waals surface area contributed by atoms with Crippen LogP contribution >= 0.6 is 0 Å². The van der Waals surface area contributed by atoms with Crippen molar-refractivity contribution < 1.29 is 23.8 Å². The maximum atomic E-state index is 12.7. The molecule has 56 heavy (non-hydrogen) atoms. The van der Waals surface area contributed by atoms with Crippen LogP contribution < -0.4 is 0 Å². The number of esters is 2. The lowest BCUT2D eigenvalue weighted by Gasteiger charge is -2.18. The van der Waals surface area contributed by atoms with Crippen molar-refractivity contribution in [3.8, 4) is 0 Å². The number of allylic oxidation sites excluding steroid dienone is 10. The highest BCUT2D eigenvalue weighted by molar-refractivity contribution is 5.70. The normalized spacial score (nSPS) is 12.7. The molecule has 0 aliphatic heterocycles. The van der Waals surface area contributed by atoms with E-state index in [2.05, 4.69) is 75.5 Å². The van der Waals surface area contributed by atoms with Crippen molar-refractivity contribution in [3.05, 3.63) is 60.8 Å². The fraction of sp³-hybridized carbons (Fsp3) is 0.765. The van der Waals surface area contributed by atoms with E-state index in [9.17, 15) is 9.59 Å². The van der Waals surface area contributed by atoms with Crippen LogP contribution in [0.1, 0.15) is 226 Å². The van der Waals surface area contributed by atoms with Gasteiger partial charge >= 0.3 is 11.9 Å². The summed E-state index contributed by atoms with van der Waals surface area (Å²) in [6, 6.07) is 0. The van der Waals surface area contributed by atoms with Crippen LogP contribution in [0.15, 0.2) is 60.8 Å². The Morgan fingerprint density at radius 3 is 1.41 bits per heavy atom. The molecule has 0 N–H and O–H groups in total. The van der Waals surface area contributed by atoms with Gasteiger partial charge in [0, 0.05) is 19.4 Å². The molecule has 0 aliphatic rings. The smallest absolute Gasteiger partial charge is 0.306 e. The fourth-order valence-corrected chi connectivity index (χ4v) is 6.50. The molecule has 0 rings (SSSR count). The Hall–Kier alpha value is -2.40. The zero-order valence-electron chi connectivity index (χ0n) is 37.1. The second-order valence-electron chi connectivity index (χ2n) is 15.6. The van der Waals surface area contributed by atoms with Crippen molar-refractivity contribution in [1.82, 2.24) is 0 Å². The van der Waals surface area contributed by atoms with Gasteiger partial charge in [-0.05, 0) is 64.2 Å². The average Bonchev–Trinajstić information content (AvgIpc) is 3.20. The minimum atomic E-state index is -0.565. The van der Waals surface area contributed by atoms with E-state index < -0.39 is 6.10 Å². The van der Waals surface area contributed by atoms with Crippen molar-refractivity contribution in [1.29, 1.82) is 0 Å². The Kier molecular flexibility index (Phi) is 45.0. The van der Waals surface area contributed by atoms with E-state index in [-0.39, 0.29) is 25.2 Å². The lowest BCUT2D eigenvalue weighted by atomic mass is 10.0. The first-order valence-electron chi connectivity index (χ1n) is 23.8. The number of hydrogen-bond donors (Lipinski definition) is 0. The Labute approximate surface area is 347 Å². The summed E-state index contributed by atoms with van der Waals surface area (Å²) in [5.74, 6) is -0.498. The van der Waals surface area contributed by atoms with Gasteiger partial charge in [0.2, 0.25) is 0 Å². The molecule has 0 heterocycles. The molecule has 0 aliphatic carbocycles. The minimum Gasteiger partial charge on any atom is -0.462 e. The Morgan fingerprint density at radius 1 is 0.411 bits per heavy atom. The number of ether oxygens (including phenoxy) is 3. The van der Waals surface area contributed by atoms with Crippen LogP contribution in [0.5, 0.6) is 0 Å². The fourth-order valence-electron chi connectivity index (χ4n) is 6.50. The molecule has 324 valence electrons. The zero-order valence-corrected chi connectivity index (χ0v) is 37.1. The van der Waals surface area contributed by atoms with Gasteiger partial charge in [-0.3, -0.25) is 9.59 Å². The Morgan fingerprint density at radius 2 is 0.857 bits per heavy atom. The highest BCUT2D eigenvalue weighted by Gasteiger charge is 2.17. The van der Waals surface area contributed by atoms with Crippen LogP contribution in [0, 0.1) is 0 Å². The summed E-state index contributed by atoms with van der Waals surface area (Å²) < 4.78 is 17.3. The molecule has 0 fully saturated rings. The number of rotatable bonds is 43. The van der Waals surface area contributed by atoms with Gasteiger partial charge in [0.25, 0.3) is 0 Å². The molecule has 0 aromatic rings. The van der Waals surface area contributed by atoms with Crippen molar-refractivity contribution in [2.45, 2.75) is 232 Å². The predicted molar refractivity (Wildman–Crippen MR) is 242 cm³/mol. The van der Waals surface area contributed by atoms with Gasteiger partial charge in [-0.1, -0.05) is 210 Å². The molecule has 0 amide bonds. The lowest BCUT2D eigenvalue weighted by Crippen LogP contribution is -2.30. The summed E-state index contributed by atoms with van der Waals surface area (Å²) in [6.07, 6.45) is 58.1. The van der Waals surface area contributed by atoms with Crippen LogP contribution in [-0.2, 0) is 23.8 Å². The molecule has 0 bridgehead atoms. The van der Waals surface area contributed by atoms with Gasteiger partial charge in [0.05, 0.1) is 6.61 Å². The predicted octanol–water partition coefficient (Wildman–Crippen LogP) is 15.8. The van der Waals surface area contributed by atoms with E-state index in [4.69, 9.17) is 14.2 Å². The van der Waals surface area contributed by atoms with Crippen molar-refractivity contribution in [3.63, 3.8) is 0 Å². The minimum absolute atomic E-state index is 0.0452. The number of unbranched alkanes of at least 4 members (excludes halogenated alkanes) is 22. The summed E-state index contributed by atoms with van der Waals surface area (Å²) in [4.78, 5) is 25.2. The van der Waals surface area contributed by atoms with Crippen LogP contribution in [0.25, 0.3) is 0 Å². The molecule has 0 saturated carbocycles. The molecule has 0 aromatic carbocycles. The summed E-state index contributed by atoms with van der Waals surface area (Å²) in [5.41, 5.74) is 0. The van der Waals surface area contributed by atoms with Crippen molar-refractivity contribution >= 4 is 11.9 Å². The van der Waals surface area contributed by atoms with E-state index in [1.165, 1.54) is 122 Å².